The third-order valence-corrected chi connectivity index (χ3v) is 4.71. The van der Waals surface area contributed by atoms with Crippen LogP contribution in [-0.4, -0.2) is 36.0 Å². The summed E-state index contributed by atoms with van der Waals surface area (Å²) in [5, 5.41) is 6.87. The van der Waals surface area contributed by atoms with Gasteiger partial charge in [0.15, 0.2) is 0 Å². The zero-order valence-electron chi connectivity index (χ0n) is 17.0. The highest BCUT2D eigenvalue weighted by atomic mass is 16.5. The number of ether oxygens (including phenoxy) is 1. The standard InChI is InChI=1S/C23H27N3O3/c1-15(2)25-23(28)21(13-17-14-24-20-7-5-4-6-19(17)20)26-22(27)12-16-8-10-18(29-3)11-9-16/h4-11,14-15,21,24H,12-13H2,1-3H3,(H,25,28)(H,26,27)/t21-/m0/s1. The molecule has 0 bridgehead atoms. The Kier molecular flexibility index (Phi) is 6.54. The number of para-hydroxylation sites is 1. The number of hydrogen-bond acceptors (Lipinski definition) is 3. The van der Waals surface area contributed by atoms with Gasteiger partial charge in [0, 0.05) is 29.6 Å². The Morgan fingerprint density at radius 3 is 2.45 bits per heavy atom. The van der Waals surface area contributed by atoms with Crippen LogP contribution >= 0.6 is 0 Å². The number of hydrogen-bond donors (Lipinski definition) is 3. The minimum atomic E-state index is -0.651. The first kappa shape index (κ1) is 20.5. The number of carbonyl (C=O) groups is 2. The van der Waals surface area contributed by atoms with E-state index >= 15 is 0 Å². The Hall–Kier alpha value is -3.28. The van der Waals surface area contributed by atoms with Crippen molar-refractivity contribution < 1.29 is 14.3 Å². The van der Waals surface area contributed by atoms with E-state index in [-0.39, 0.29) is 24.3 Å². The van der Waals surface area contributed by atoms with E-state index in [0.29, 0.717) is 6.42 Å². The van der Waals surface area contributed by atoms with Gasteiger partial charge in [-0.25, -0.2) is 0 Å². The van der Waals surface area contributed by atoms with Crippen LogP contribution < -0.4 is 15.4 Å². The number of H-pyrrole nitrogens is 1. The van der Waals surface area contributed by atoms with Crippen molar-refractivity contribution in [1.29, 1.82) is 0 Å². The molecular formula is C23H27N3O3. The van der Waals surface area contributed by atoms with Gasteiger partial charge >= 0.3 is 0 Å². The molecule has 152 valence electrons. The smallest absolute Gasteiger partial charge is 0.243 e. The molecule has 3 rings (SSSR count). The van der Waals surface area contributed by atoms with E-state index in [0.717, 1.165) is 27.8 Å². The fraction of sp³-hybridized carbons (Fsp3) is 0.304. The molecule has 0 spiro atoms. The quantitative estimate of drug-likeness (QED) is 0.550. The molecular weight excluding hydrogens is 366 g/mol. The Bertz CT molecular complexity index is 976. The molecule has 1 aromatic heterocycles. The van der Waals surface area contributed by atoms with Crippen LogP contribution in [0.3, 0.4) is 0 Å². The lowest BCUT2D eigenvalue weighted by molar-refractivity contribution is -0.129. The summed E-state index contributed by atoms with van der Waals surface area (Å²) in [5.41, 5.74) is 2.86. The summed E-state index contributed by atoms with van der Waals surface area (Å²) >= 11 is 0. The molecule has 0 aliphatic heterocycles. The SMILES string of the molecule is COc1ccc(CC(=O)N[C@@H](Cc2c[nH]c3ccccc23)C(=O)NC(C)C)cc1. The van der Waals surface area contributed by atoms with Crippen molar-refractivity contribution in [2.75, 3.05) is 7.11 Å². The summed E-state index contributed by atoms with van der Waals surface area (Å²) in [6.07, 6.45) is 2.51. The van der Waals surface area contributed by atoms with E-state index in [1.54, 1.807) is 7.11 Å². The Labute approximate surface area is 170 Å². The molecule has 29 heavy (non-hydrogen) atoms. The first-order valence-electron chi connectivity index (χ1n) is 9.74. The van der Waals surface area contributed by atoms with E-state index in [4.69, 9.17) is 4.74 Å². The van der Waals surface area contributed by atoms with Gasteiger partial charge in [-0.1, -0.05) is 30.3 Å². The highest BCUT2D eigenvalue weighted by Gasteiger charge is 2.23. The van der Waals surface area contributed by atoms with E-state index in [1.807, 2.05) is 68.6 Å². The van der Waals surface area contributed by atoms with Crippen molar-refractivity contribution in [1.82, 2.24) is 15.6 Å². The van der Waals surface area contributed by atoms with E-state index in [2.05, 4.69) is 15.6 Å². The fourth-order valence-electron chi connectivity index (χ4n) is 3.29. The van der Waals surface area contributed by atoms with Gasteiger partial charge in [0.05, 0.1) is 13.5 Å². The second-order valence-electron chi connectivity index (χ2n) is 7.37. The summed E-state index contributed by atoms with van der Waals surface area (Å²) in [5.74, 6) is 0.356. The van der Waals surface area contributed by atoms with Crippen LogP contribution in [0.2, 0.25) is 0 Å². The molecule has 0 unspecified atom stereocenters. The molecule has 2 amide bonds. The lowest BCUT2D eigenvalue weighted by Gasteiger charge is -2.20. The minimum absolute atomic E-state index is 0.00791. The molecule has 0 saturated heterocycles. The van der Waals surface area contributed by atoms with Gasteiger partial charge in [0.2, 0.25) is 11.8 Å². The average Bonchev–Trinajstić information content (AvgIpc) is 3.10. The van der Waals surface area contributed by atoms with Crippen molar-refractivity contribution in [3.63, 3.8) is 0 Å². The molecule has 3 aromatic rings. The number of nitrogens with one attached hydrogen (secondary N) is 3. The Morgan fingerprint density at radius 1 is 1.03 bits per heavy atom. The number of aromatic amines is 1. The predicted molar refractivity (Wildman–Crippen MR) is 114 cm³/mol. The van der Waals surface area contributed by atoms with E-state index < -0.39 is 6.04 Å². The van der Waals surface area contributed by atoms with Crippen molar-refractivity contribution in [2.45, 2.75) is 38.8 Å². The first-order valence-corrected chi connectivity index (χ1v) is 9.74. The van der Waals surface area contributed by atoms with Crippen LogP contribution in [0.5, 0.6) is 5.75 Å². The highest BCUT2D eigenvalue weighted by Crippen LogP contribution is 2.19. The lowest BCUT2D eigenvalue weighted by Crippen LogP contribution is -2.50. The van der Waals surface area contributed by atoms with Gasteiger partial charge in [-0.15, -0.1) is 0 Å². The number of rotatable bonds is 8. The van der Waals surface area contributed by atoms with Crippen molar-refractivity contribution >= 4 is 22.7 Å². The number of methoxy groups -OCH3 is 1. The van der Waals surface area contributed by atoms with E-state index in [9.17, 15) is 9.59 Å². The second-order valence-corrected chi connectivity index (χ2v) is 7.37. The van der Waals surface area contributed by atoms with Crippen LogP contribution in [0, 0.1) is 0 Å². The van der Waals surface area contributed by atoms with Crippen molar-refractivity contribution in [3.8, 4) is 5.75 Å². The molecule has 6 heteroatoms. The maximum Gasteiger partial charge on any atom is 0.243 e. The molecule has 1 heterocycles. The van der Waals surface area contributed by atoms with Crippen molar-refractivity contribution in [3.05, 3.63) is 65.9 Å². The Balaban J connectivity index is 1.73. The number of carbonyl (C=O) groups excluding carboxylic acids is 2. The number of aromatic nitrogens is 1. The third-order valence-electron chi connectivity index (χ3n) is 4.71. The topological polar surface area (TPSA) is 83.2 Å². The van der Waals surface area contributed by atoms with Gasteiger partial charge in [-0.2, -0.15) is 0 Å². The summed E-state index contributed by atoms with van der Waals surface area (Å²) in [4.78, 5) is 28.6. The second kappa shape index (κ2) is 9.28. The average molecular weight is 393 g/mol. The monoisotopic (exact) mass is 393 g/mol. The van der Waals surface area contributed by atoms with Gasteiger partial charge in [-0.05, 0) is 43.2 Å². The first-order chi connectivity index (χ1) is 14.0. The molecule has 2 aromatic carbocycles. The summed E-state index contributed by atoms with van der Waals surface area (Å²) in [7, 11) is 1.60. The zero-order chi connectivity index (χ0) is 20.8. The van der Waals surface area contributed by atoms with Gasteiger partial charge in [-0.3, -0.25) is 9.59 Å². The van der Waals surface area contributed by atoms with Crippen molar-refractivity contribution in [2.24, 2.45) is 0 Å². The van der Waals surface area contributed by atoms with Crippen LogP contribution in [0.4, 0.5) is 0 Å². The molecule has 0 aliphatic rings. The molecule has 0 aliphatic carbocycles. The van der Waals surface area contributed by atoms with Gasteiger partial charge in [0.1, 0.15) is 11.8 Å². The lowest BCUT2D eigenvalue weighted by atomic mass is 10.0. The zero-order valence-corrected chi connectivity index (χ0v) is 17.0. The summed E-state index contributed by atoms with van der Waals surface area (Å²) in [6, 6.07) is 14.6. The normalized spacial score (nSPS) is 12.0. The third kappa shape index (κ3) is 5.38. The molecule has 0 radical (unpaired) electrons. The molecule has 1 atom stereocenters. The summed E-state index contributed by atoms with van der Waals surface area (Å²) in [6.45, 7) is 3.81. The van der Waals surface area contributed by atoms with Crippen LogP contribution in [-0.2, 0) is 22.4 Å². The predicted octanol–water partition coefficient (Wildman–Crippen LogP) is 2.97. The maximum absolute atomic E-state index is 12.7. The largest absolute Gasteiger partial charge is 0.497 e. The molecule has 0 saturated carbocycles. The highest BCUT2D eigenvalue weighted by molar-refractivity contribution is 5.90. The fourth-order valence-corrected chi connectivity index (χ4v) is 3.29. The van der Waals surface area contributed by atoms with Gasteiger partial charge < -0.3 is 20.4 Å². The summed E-state index contributed by atoms with van der Waals surface area (Å²) < 4.78 is 5.14. The molecule has 3 N–H and O–H groups in total. The Morgan fingerprint density at radius 2 is 1.76 bits per heavy atom. The van der Waals surface area contributed by atoms with Gasteiger partial charge in [0.25, 0.3) is 0 Å². The molecule has 6 nitrogen and oxygen atoms in total. The van der Waals surface area contributed by atoms with Crippen LogP contribution in [0.25, 0.3) is 10.9 Å². The minimum Gasteiger partial charge on any atom is -0.497 e. The van der Waals surface area contributed by atoms with Crippen LogP contribution in [0.1, 0.15) is 25.0 Å². The number of amides is 2. The molecule has 0 fully saturated rings. The van der Waals surface area contributed by atoms with E-state index in [1.165, 1.54) is 0 Å². The van der Waals surface area contributed by atoms with Crippen LogP contribution in [0.15, 0.2) is 54.7 Å². The number of benzene rings is 2. The maximum atomic E-state index is 12.7. The number of fused-ring (bicyclic) bond motifs is 1.